The van der Waals surface area contributed by atoms with Crippen LogP contribution in [0.5, 0.6) is 0 Å². The molecule has 1 aliphatic rings. The number of piperidine rings is 1. The molecule has 1 N–H and O–H groups in total. The first kappa shape index (κ1) is 16.3. The molecule has 0 spiro atoms. The number of likely N-dealkylation sites (tertiary alicyclic amines) is 1. The van der Waals surface area contributed by atoms with Crippen LogP contribution in [0.25, 0.3) is 0 Å². The van der Waals surface area contributed by atoms with E-state index in [-0.39, 0.29) is 6.03 Å². The van der Waals surface area contributed by atoms with Gasteiger partial charge in [0.2, 0.25) is 0 Å². The first-order valence-electron chi connectivity index (χ1n) is 7.50. The van der Waals surface area contributed by atoms with Crippen molar-refractivity contribution in [2.75, 3.05) is 33.7 Å². The highest BCUT2D eigenvalue weighted by Crippen LogP contribution is 2.14. The maximum Gasteiger partial charge on any atom is 0.317 e. The van der Waals surface area contributed by atoms with Gasteiger partial charge in [-0.25, -0.2) is 4.79 Å². The summed E-state index contributed by atoms with van der Waals surface area (Å²) in [6.07, 6.45) is 2.98. The number of carbonyl (C=O) groups excluding carboxylic acids is 1. The molecular formula is C16H24BrN3O. The molecular weight excluding hydrogens is 330 g/mol. The third kappa shape index (κ3) is 5.00. The van der Waals surface area contributed by atoms with Gasteiger partial charge in [-0.1, -0.05) is 28.1 Å². The highest BCUT2D eigenvalue weighted by molar-refractivity contribution is 9.10. The second-order valence-electron chi connectivity index (χ2n) is 5.76. The average Bonchev–Trinajstić information content (AvgIpc) is 2.47. The van der Waals surface area contributed by atoms with E-state index in [9.17, 15) is 4.79 Å². The molecule has 0 radical (unpaired) electrons. The zero-order valence-corrected chi connectivity index (χ0v) is 14.4. The van der Waals surface area contributed by atoms with Crippen LogP contribution >= 0.6 is 15.9 Å². The van der Waals surface area contributed by atoms with Gasteiger partial charge in [0.05, 0.1) is 0 Å². The summed E-state index contributed by atoms with van der Waals surface area (Å²) in [6, 6.07) is 8.61. The Morgan fingerprint density at radius 2 is 2.14 bits per heavy atom. The molecule has 1 aromatic rings. The summed E-state index contributed by atoms with van der Waals surface area (Å²) in [6.45, 7) is 2.81. The summed E-state index contributed by atoms with van der Waals surface area (Å²) in [5.41, 5.74) is 1.23. The smallest absolute Gasteiger partial charge is 0.317 e. The van der Waals surface area contributed by atoms with Crippen LogP contribution in [0.15, 0.2) is 28.7 Å². The number of urea groups is 1. The number of nitrogens with zero attached hydrogens (tertiary/aromatic N) is 2. The predicted molar refractivity (Wildman–Crippen MR) is 89.5 cm³/mol. The van der Waals surface area contributed by atoms with Gasteiger partial charge in [-0.05, 0) is 57.1 Å². The minimum atomic E-state index is 0.0412. The van der Waals surface area contributed by atoms with Gasteiger partial charge >= 0.3 is 6.03 Å². The van der Waals surface area contributed by atoms with Gasteiger partial charge in [0.25, 0.3) is 0 Å². The molecule has 2 amide bonds. The number of amides is 2. The fourth-order valence-corrected chi connectivity index (χ4v) is 3.13. The molecule has 1 heterocycles. The van der Waals surface area contributed by atoms with Gasteiger partial charge in [-0.15, -0.1) is 0 Å². The maximum absolute atomic E-state index is 12.2. The van der Waals surface area contributed by atoms with Crippen LogP contribution in [0, 0.1) is 0 Å². The second-order valence-corrected chi connectivity index (χ2v) is 6.67. The molecule has 0 aliphatic carbocycles. The van der Waals surface area contributed by atoms with Gasteiger partial charge in [0.15, 0.2) is 0 Å². The van der Waals surface area contributed by atoms with Crippen molar-refractivity contribution in [2.24, 2.45) is 0 Å². The van der Waals surface area contributed by atoms with Crippen LogP contribution in [0.4, 0.5) is 4.79 Å². The predicted octanol–water partition coefficient (Wildman–Crippen LogP) is 2.73. The number of benzene rings is 1. The number of rotatable bonds is 4. The van der Waals surface area contributed by atoms with E-state index >= 15 is 0 Å². The van der Waals surface area contributed by atoms with Crippen molar-refractivity contribution in [2.45, 2.75) is 25.3 Å². The molecule has 0 saturated carbocycles. The molecule has 1 aliphatic heterocycles. The van der Waals surface area contributed by atoms with E-state index in [2.05, 4.69) is 45.3 Å². The Bertz CT molecular complexity index is 472. The molecule has 116 valence electrons. The van der Waals surface area contributed by atoms with Crippen molar-refractivity contribution in [3.63, 3.8) is 0 Å². The zero-order valence-electron chi connectivity index (χ0n) is 12.8. The minimum Gasteiger partial charge on any atom is -0.338 e. The first-order valence-corrected chi connectivity index (χ1v) is 8.29. The summed E-state index contributed by atoms with van der Waals surface area (Å²) >= 11 is 3.46. The van der Waals surface area contributed by atoms with Gasteiger partial charge in [-0.3, -0.25) is 0 Å². The lowest BCUT2D eigenvalue weighted by Crippen LogP contribution is -2.48. The van der Waals surface area contributed by atoms with Crippen molar-refractivity contribution in [3.8, 4) is 0 Å². The van der Waals surface area contributed by atoms with Crippen LogP contribution in [0.2, 0.25) is 0 Å². The number of carbonyl (C=O) groups is 1. The third-order valence-corrected chi connectivity index (χ3v) is 4.63. The quantitative estimate of drug-likeness (QED) is 0.903. The third-order valence-electron chi connectivity index (χ3n) is 4.14. The molecule has 0 unspecified atom stereocenters. The van der Waals surface area contributed by atoms with Crippen molar-refractivity contribution in [1.29, 1.82) is 0 Å². The maximum atomic E-state index is 12.2. The van der Waals surface area contributed by atoms with E-state index in [1.807, 2.05) is 24.1 Å². The Morgan fingerprint density at radius 1 is 1.43 bits per heavy atom. The number of hydrogen-bond acceptors (Lipinski definition) is 2. The Kier molecular flexibility index (Phi) is 6.06. The van der Waals surface area contributed by atoms with E-state index in [4.69, 9.17) is 0 Å². The van der Waals surface area contributed by atoms with Crippen LogP contribution in [-0.4, -0.2) is 55.6 Å². The van der Waals surface area contributed by atoms with Gasteiger partial charge in [0.1, 0.15) is 0 Å². The van der Waals surface area contributed by atoms with Crippen molar-refractivity contribution in [3.05, 3.63) is 34.3 Å². The van der Waals surface area contributed by atoms with Crippen molar-refractivity contribution < 1.29 is 4.79 Å². The summed E-state index contributed by atoms with van der Waals surface area (Å²) in [7, 11) is 4.04. The van der Waals surface area contributed by atoms with Crippen LogP contribution in [0.1, 0.15) is 18.4 Å². The zero-order chi connectivity index (χ0) is 15.2. The minimum absolute atomic E-state index is 0.0412. The molecule has 1 saturated heterocycles. The molecule has 0 aromatic heterocycles. The normalized spacial score (nSPS) is 16.7. The highest BCUT2D eigenvalue weighted by atomic mass is 79.9. The van der Waals surface area contributed by atoms with Crippen LogP contribution in [-0.2, 0) is 6.42 Å². The SMILES string of the molecule is CN1CCC(N(C)C(=O)NCCc2cccc(Br)c2)CC1. The number of nitrogens with one attached hydrogen (secondary N) is 1. The molecule has 4 nitrogen and oxygen atoms in total. The van der Waals surface area contributed by atoms with E-state index in [1.165, 1.54) is 5.56 Å². The first-order chi connectivity index (χ1) is 10.1. The average molecular weight is 354 g/mol. The summed E-state index contributed by atoms with van der Waals surface area (Å²) in [5, 5.41) is 3.02. The Balaban J connectivity index is 1.74. The van der Waals surface area contributed by atoms with E-state index in [0.29, 0.717) is 12.6 Å². The van der Waals surface area contributed by atoms with E-state index in [1.54, 1.807) is 0 Å². The molecule has 2 rings (SSSR count). The number of halogens is 1. The monoisotopic (exact) mass is 353 g/mol. The lowest BCUT2D eigenvalue weighted by molar-refractivity contribution is 0.148. The van der Waals surface area contributed by atoms with Gasteiger partial charge in [0, 0.05) is 24.1 Å². The Labute approximate surface area is 135 Å². The molecule has 21 heavy (non-hydrogen) atoms. The van der Waals surface area contributed by atoms with Gasteiger partial charge < -0.3 is 15.1 Å². The second kappa shape index (κ2) is 7.80. The lowest BCUT2D eigenvalue weighted by atomic mass is 10.0. The van der Waals surface area contributed by atoms with E-state index in [0.717, 1.165) is 36.8 Å². The Hall–Kier alpha value is -1.07. The van der Waals surface area contributed by atoms with Crippen LogP contribution in [0.3, 0.4) is 0 Å². The van der Waals surface area contributed by atoms with Crippen LogP contribution < -0.4 is 5.32 Å². The van der Waals surface area contributed by atoms with Gasteiger partial charge in [-0.2, -0.15) is 0 Å². The fraction of sp³-hybridized carbons (Fsp3) is 0.562. The summed E-state index contributed by atoms with van der Waals surface area (Å²) in [4.78, 5) is 16.4. The van der Waals surface area contributed by atoms with E-state index < -0.39 is 0 Å². The number of hydrogen-bond donors (Lipinski definition) is 1. The van der Waals surface area contributed by atoms with Crippen molar-refractivity contribution >= 4 is 22.0 Å². The fourth-order valence-electron chi connectivity index (χ4n) is 2.68. The molecule has 0 bridgehead atoms. The largest absolute Gasteiger partial charge is 0.338 e. The van der Waals surface area contributed by atoms with Crippen molar-refractivity contribution in [1.82, 2.24) is 15.1 Å². The standard InChI is InChI=1S/C16H24BrN3O/c1-19-10-7-15(8-11-19)20(2)16(21)18-9-6-13-4-3-5-14(17)12-13/h3-5,12,15H,6-11H2,1-2H3,(H,18,21). The lowest BCUT2D eigenvalue weighted by Gasteiger charge is -2.35. The molecule has 1 aromatic carbocycles. The molecule has 5 heteroatoms. The topological polar surface area (TPSA) is 35.6 Å². The summed E-state index contributed by atoms with van der Waals surface area (Å²) in [5.74, 6) is 0. The summed E-state index contributed by atoms with van der Waals surface area (Å²) < 4.78 is 1.08. The Morgan fingerprint density at radius 3 is 2.81 bits per heavy atom. The molecule has 1 fully saturated rings. The molecule has 0 atom stereocenters. The highest BCUT2D eigenvalue weighted by Gasteiger charge is 2.23.